The Morgan fingerprint density at radius 3 is 2.50 bits per heavy atom. The van der Waals surface area contributed by atoms with Gasteiger partial charge in [-0.2, -0.15) is 0 Å². The number of carboxylic acids is 1. The summed E-state index contributed by atoms with van der Waals surface area (Å²) in [4.78, 5) is 10.2. The molecule has 0 saturated heterocycles. The normalized spacial score (nSPS) is 8.07. The van der Waals surface area contributed by atoms with Crippen LogP contribution in [0.4, 0.5) is 0 Å². The minimum atomic E-state index is -0.960. The zero-order valence-corrected chi connectivity index (χ0v) is 13.9. The fourth-order valence-electron chi connectivity index (χ4n) is 0.858. The number of hydrogen-bond acceptors (Lipinski definition) is 2. The van der Waals surface area contributed by atoms with Crippen LogP contribution in [0.2, 0.25) is 0 Å². The van der Waals surface area contributed by atoms with Gasteiger partial charge < -0.3 is 9.84 Å². The Labute approximate surface area is 148 Å². The smallest absolute Gasteiger partial charge is 0.341 e. The molecule has 0 unspecified atom stereocenters. The van der Waals surface area contributed by atoms with Crippen LogP contribution in [-0.2, 0) is 4.79 Å². The Kier molecular flexibility index (Phi) is 11.7. The summed E-state index contributed by atoms with van der Waals surface area (Å²) in [5.41, 5.74) is 0.943. The largest absolute Gasteiger partial charge is 0.482 e. The number of rotatable bonds is 3. The second kappa shape index (κ2) is 9.36. The molecule has 0 aliphatic carbocycles. The van der Waals surface area contributed by atoms with Gasteiger partial charge in [-0.25, -0.2) is 4.79 Å². The molecule has 0 fully saturated rings. The van der Waals surface area contributed by atoms with Crippen molar-refractivity contribution in [2.45, 2.75) is 6.92 Å². The summed E-state index contributed by atoms with van der Waals surface area (Å²) in [6.07, 6.45) is 0. The predicted octanol–water partition coefficient (Wildman–Crippen LogP) is 0.697. The number of hydrogen-bond donors (Lipinski definition) is 1. The molecule has 3 nitrogen and oxygen atoms in total. The van der Waals surface area contributed by atoms with Crippen LogP contribution in [0.1, 0.15) is 5.56 Å². The molecule has 0 bridgehead atoms. The van der Waals surface area contributed by atoms with Gasteiger partial charge >= 0.3 is 5.97 Å². The molecule has 1 aromatic rings. The standard InChI is InChI=1S/C9H10O3.K.Na/c1-7-4-2-3-5-8(7)12-6-9(10)11;;/h2-5H,6H2,1H3,(H,10,11);;. The Balaban J connectivity index is 0. The van der Waals surface area contributed by atoms with E-state index in [2.05, 4.69) is 0 Å². The van der Waals surface area contributed by atoms with E-state index in [1.54, 1.807) is 6.07 Å². The third-order valence-electron chi connectivity index (χ3n) is 1.44. The van der Waals surface area contributed by atoms with E-state index in [0.29, 0.717) is 5.75 Å². The second-order valence-corrected chi connectivity index (χ2v) is 2.45. The van der Waals surface area contributed by atoms with Gasteiger partial charge in [-0.05, 0) is 18.6 Å². The number of aliphatic carboxylic acids is 1. The summed E-state index contributed by atoms with van der Waals surface area (Å²) >= 11 is 0. The van der Waals surface area contributed by atoms with Crippen LogP contribution in [-0.4, -0.2) is 98.6 Å². The SMILES string of the molecule is Cc1ccccc1OCC(=O)O.[K].[Na]. The topological polar surface area (TPSA) is 46.5 Å². The molecule has 1 aromatic carbocycles. The monoisotopic (exact) mass is 228 g/mol. The maximum atomic E-state index is 10.2. The number of benzene rings is 1. The molecule has 0 amide bonds. The Hall–Kier alpha value is 1.13. The zero-order valence-electron chi connectivity index (χ0n) is 8.78. The summed E-state index contributed by atoms with van der Waals surface area (Å²) in [5, 5.41) is 8.34. The van der Waals surface area contributed by atoms with Crippen LogP contribution >= 0.6 is 0 Å². The maximum absolute atomic E-state index is 10.2. The molecule has 0 heterocycles. The molecular formula is C9H10KNaO3. The molecule has 66 valence electrons. The zero-order chi connectivity index (χ0) is 8.97. The average Bonchev–Trinajstić information content (AvgIpc) is 2.03. The van der Waals surface area contributed by atoms with E-state index in [0.717, 1.165) is 5.56 Å². The van der Waals surface area contributed by atoms with Crippen molar-refractivity contribution in [2.24, 2.45) is 0 Å². The van der Waals surface area contributed by atoms with Gasteiger partial charge in [-0.3, -0.25) is 0 Å². The molecule has 0 spiro atoms. The molecule has 14 heavy (non-hydrogen) atoms. The van der Waals surface area contributed by atoms with Gasteiger partial charge in [0.15, 0.2) is 6.61 Å². The molecule has 0 atom stereocenters. The molecule has 0 aromatic heterocycles. The number of carboxylic acid groups (broad SMARTS) is 1. The summed E-state index contributed by atoms with van der Waals surface area (Å²) in [5.74, 6) is -0.335. The van der Waals surface area contributed by atoms with Crippen molar-refractivity contribution in [3.05, 3.63) is 29.8 Å². The van der Waals surface area contributed by atoms with Crippen LogP contribution in [0, 0.1) is 6.92 Å². The third-order valence-corrected chi connectivity index (χ3v) is 1.44. The van der Waals surface area contributed by atoms with Crippen molar-refractivity contribution in [1.29, 1.82) is 0 Å². The minimum Gasteiger partial charge on any atom is -0.482 e. The first-order valence-corrected chi connectivity index (χ1v) is 3.60. The summed E-state index contributed by atoms with van der Waals surface area (Å²) in [6, 6.07) is 7.31. The first-order chi connectivity index (χ1) is 5.70. The predicted molar refractivity (Wildman–Crippen MR) is 55.8 cm³/mol. The van der Waals surface area contributed by atoms with Crippen molar-refractivity contribution in [2.75, 3.05) is 6.61 Å². The van der Waals surface area contributed by atoms with Crippen molar-refractivity contribution >= 4 is 86.9 Å². The minimum absolute atomic E-state index is 0. The van der Waals surface area contributed by atoms with Crippen LogP contribution in [0.15, 0.2) is 24.3 Å². The number of ether oxygens (including phenoxy) is 1. The van der Waals surface area contributed by atoms with Crippen molar-refractivity contribution in [3.8, 4) is 5.75 Å². The van der Waals surface area contributed by atoms with E-state index in [1.165, 1.54) is 0 Å². The molecule has 1 rings (SSSR count). The van der Waals surface area contributed by atoms with E-state index < -0.39 is 5.97 Å². The Bertz CT molecular complexity index is 291. The maximum Gasteiger partial charge on any atom is 0.341 e. The first-order valence-electron chi connectivity index (χ1n) is 3.60. The number of aryl methyl sites for hydroxylation is 1. The van der Waals surface area contributed by atoms with Crippen LogP contribution in [0.5, 0.6) is 5.75 Å². The second-order valence-electron chi connectivity index (χ2n) is 2.45. The van der Waals surface area contributed by atoms with Gasteiger partial charge in [0.05, 0.1) is 0 Å². The Morgan fingerprint density at radius 1 is 1.43 bits per heavy atom. The molecular weight excluding hydrogens is 218 g/mol. The summed E-state index contributed by atoms with van der Waals surface area (Å²) < 4.78 is 5.00. The first kappa shape index (κ1) is 17.5. The fraction of sp³-hybridized carbons (Fsp3) is 0.222. The molecule has 1 N–H and O–H groups in total. The van der Waals surface area contributed by atoms with Gasteiger partial charge in [0.25, 0.3) is 0 Å². The summed E-state index contributed by atoms with van der Waals surface area (Å²) in [7, 11) is 0. The van der Waals surface area contributed by atoms with Crippen molar-refractivity contribution < 1.29 is 14.6 Å². The van der Waals surface area contributed by atoms with Gasteiger partial charge in [0.1, 0.15) is 5.75 Å². The van der Waals surface area contributed by atoms with Crippen molar-refractivity contribution in [1.82, 2.24) is 0 Å². The number of carbonyl (C=O) groups is 1. The molecule has 5 heteroatoms. The van der Waals surface area contributed by atoms with E-state index in [1.807, 2.05) is 25.1 Å². The van der Waals surface area contributed by atoms with Gasteiger partial charge in [0, 0.05) is 80.9 Å². The van der Waals surface area contributed by atoms with Crippen LogP contribution in [0.25, 0.3) is 0 Å². The summed E-state index contributed by atoms with van der Waals surface area (Å²) in [6.45, 7) is 1.59. The number of para-hydroxylation sites is 1. The quantitative estimate of drug-likeness (QED) is 0.774. The molecule has 0 aliphatic rings. The van der Waals surface area contributed by atoms with Gasteiger partial charge in [0.2, 0.25) is 0 Å². The fourth-order valence-corrected chi connectivity index (χ4v) is 0.858. The molecule has 0 aliphatic heterocycles. The van der Waals surface area contributed by atoms with Gasteiger partial charge in [-0.15, -0.1) is 0 Å². The van der Waals surface area contributed by atoms with E-state index in [-0.39, 0.29) is 87.5 Å². The average molecular weight is 228 g/mol. The van der Waals surface area contributed by atoms with Crippen LogP contribution < -0.4 is 4.74 Å². The van der Waals surface area contributed by atoms with E-state index in [4.69, 9.17) is 9.84 Å². The molecule has 2 radical (unpaired) electrons. The van der Waals surface area contributed by atoms with Crippen molar-refractivity contribution in [3.63, 3.8) is 0 Å². The van der Waals surface area contributed by atoms with Crippen LogP contribution in [0.3, 0.4) is 0 Å². The van der Waals surface area contributed by atoms with Gasteiger partial charge in [-0.1, -0.05) is 18.2 Å². The molecule has 0 saturated carbocycles. The van der Waals surface area contributed by atoms with E-state index in [9.17, 15) is 4.79 Å². The Morgan fingerprint density at radius 2 is 2.00 bits per heavy atom. The van der Waals surface area contributed by atoms with E-state index >= 15 is 0 Å². The third kappa shape index (κ3) is 6.58.